The van der Waals surface area contributed by atoms with Crippen molar-refractivity contribution in [1.82, 2.24) is 5.01 Å². The molecule has 2 aromatic carbocycles. The van der Waals surface area contributed by atoms with Crippen LogP contribution in [-0.4, -0.2) is 21.6 Å². The van der Waals surface area contributed by atoms with Crippen molar-refractivity contribution in [3.05, 3.63) is 76.5 Å². The summed E-state index contributed by atoms with van der Waals surface area (Å²) in [7, 11) is 0. The molecule has 128 valence electrons. The van der Waals surface area contributed by atoms with Gasteiger partial charge in [-0.3, -0.25) is 0 Å². The molecule has 0 spiro atoms. The number of benzene rings is 2. The summed E-state index contributed by atoms with van der Waals surface area (Å²) >= 11 is 6.21. The number of aliphatic hydroxyl groups excluding tert-OH is 1. The van der Waals surface area contributed by atoms with Crippen LogP contribution in [0.15, 0.2) is 65.5 Å². The average Bonchev–Trinajstić information content (AvgIpc) is 3.03. The molecule has 2 heterocycles. The lowest BCUT2D eigenvalue weighted by Gasteiger charge is -2.44. The van der Waals surface area contributed by atoms with Gasteiger partial charge in [-0.2, -0.15) is 5.10 Å². The highest BCUT2D eigenvalue weighted by molar-refractivity contribution is 6.30. The molecule has 4 nitrogen and oxygen atoms in total. The van der Waals surface area contributed by atoms with Crippen LogP contribution in [0.4, 0.5) is 0 Å². The standard InChI is InChI=1S/C20H19ClN2O2/c1-13(24)12-20(2)23-18(16-10-15(21)8-9-19(16)25-20)11-17(22-23)14-6-4-3-5-7-14/h3-10,12,18,24H,11H2,1-2H3/b13-12-/t18-,20+/m1/s1. The Kier molecular flexibility index (Phi) is 3.73. The van der Waals surface area contributed by atoms with Crippen LogP contribution in [0, 0.1) is 0 Å². The van der Waals surface area contributed by atoms with Gasteiger partial charge in [0.1, 0.15) is 5.75 Å². The lowest BCUT2D eigenvalue weighted by molar-refractivity contribution is -0.0697. The van der Waals surface area contributed by atoms with E-state index < -0.39 is 5.72 Å². The first-order chi connectivity index (χ1) is 12.0. The topological polar surface area (TPSA) is 45.1 Å². The smallest absolute Gasteiger partial charge is 0.218 e. The van der Waals surface area contributed by atoms with Gasteiger partial charge in [0, 0.05) is 30.0 Å². The molecule has 0 unspecified atom stereocenters. The van der Waals surface area contributed by atoms with E-state index in [0.717, 1.165) is 29.0 Å². The fourth-order valence-corrected chi connectivity index (χ4v) is 3.77. The second-order valence-corrected chi connectivity index (χ2v) is 7.04. The fraction of sp³-hybridized carbons (Fsp3) is 0.250. The van der Waals surface area contributed by atoms with Crippen LogP contribution in [0.1, 0.15) is 37.4 Å². The second kappa shape index (κ2) is 5.81. The molecule has 2 aromatic rings. The predicted octanol–water partition coefficient (Wildman–Crippen LogP) is 5.06. The lowest BCUT2D eigenvalue weighted by Crippen LogP contribution is -2.50. The molecule has 2 aliphatic rings. The molecule has 1 N–H and O–H groups in total. The summed E-state index contributed by atoms with van der Waals surface area (Å²) in [5, 5.41) is 17.3. The van der Waals surface area contributed by atoms with E-state index in [1.807, 2.05) is 48.3 Å². The van der Waals surface area contributed by atoms with Gasteiger partial charge in [-0.1, -0.05) is 41.9 Å². The molecule has 0 fully saturated rings. The number of hydrazone groups is 1. The lowest BCUT2D eigenvalue weighted by atomic mass is 9.94. The molecule has 0 bridgehead atoms. The molecule has 4 rings (SSSR count). The van der Waals surface area contributed by atoms with Crippen molar-refractivity contribution >= 4 is 17.3 Å². The first kappa shape index (κ1) is 16.0. The van der Waals surface area contributed by atoms with E-state index in [-0.39, 0.29) is 11.8 Å². The van der Waals surface area contributed by atoms with Crippen LogP contribution in [0.5, 0.6) is 5.75 Å². The van der Waals surface area contributed by atoms with Gasteiger partial charge in [0.05, 0.1) is 17.5 Å². The third kappa shape index (κ3) is 2.76. The van der Waals surface area contributed by atoms with Crippen molar-refractivity contribution in [3.63, 3.8) is 0 Å². The summed E-state index contributed by atoms with van der Waals surface area (Å²) in [5.74, 6) is 0.970. The quantitative estimate of drug-likeness (QED) is 0.766. The minimum absolute atomic E-state index is 0.0123. The SMILES string of the molecule is C/C(O)=C/[C@]1(C)Oc2ccc(Cl)cc2[C@H]2CC(c3ccccc3)=NN21. The number of fused-ring (bicyclic) bond motifs is 3. The minimum Gasteiger partial charge on any atom is -0.513 e. The molecule has 0 radical (unpaired) electrons. The number of halogens is 1. The molecule has 0 aromatic heterocycles. The van der Waals surface area contributed by atoms with Crippen molar-refractivity contribution in [2.24, 2.45) is 5.10 Å². The van der Waals surface area contributed by atoms with Gasteiger partial charge in [-0.25, -0.2) is 5.01 Å². The zero-order valence-electron chi connectivity index (χ0n) is 14.1. The van der Waals surface area contributed by atoms with Crippen molar-refractivity contribution in [2.75, 3.05) is 0 Å². The number of rotatable bonds is 2. The Balaban J connectivity index is 1.84. The molecule has 25 heavy (non-hydrogen) atoms. The molecular weight excluding hydrogens is 336 g/mol. The number of hydrogen-bond acceptors (Lipinski definition) is 4. The van der Waals surface area contributed by atoms with Crippen molar-refractivity contribution in [1.29, 1.82) is 0 Å². The van der Waals surface area contributed by atoms with Crippen LogP contribution in [0.2, 0.25) is 5.02 Å². The molecule has 0 saturated heterocycles. The number of aliphatic hydroxyl groups is 1. The zero-order valence-corrected chi connectivity index (χ0v) is 14.9. The number of allylic oxidation sites excluding steroid dienone is 1. The molecule has 0 aliphatic carbocycles. The van der Waals surface area contributed by atoms with Crippen molar-refractivity contribution in [3.8, 4) is 5.75 Å². The Labute approximate surface area is 152 Å². The van der Waals surface area contributed by atoms with Crippen molar-refractivity contribution in [2.45, 2.75) is 32.0 Å². The molecule has 2 aliphatic heterocycles. The summed E-state index contributed by atoms with van der Waals surface area (Å²) in [5.41, 5.74) is 2.24. The van der Waals surface area contributed by atoms with Gasteiger partial charge < -0.3 is 9.84 Å². The zero-order chi connectivity index (χ0) is 17.6. The number of hydrogen-bond donors (Lipinski definition) is 1. The van der Waals surface area contributed by atoms with Crippen molar-refractivity contribution < 1.29 is 9.84 Å². The maximum absolute atomic E-state index is 9.85. The van der Waals surface area contributed by atoms with Crippen LogP contribution >= 0.6 is 11.6 Å². The second-order valence-electron chi connectivity index (χ2n) is 6.60. The van der Waals surface area contributed by atoms with Crippen LogP contribution < -0.4 is 4.74 Å². The Hall–Kier alpha value is -2.46. The van der Waals surface area contributed by atoms with Gasteiger partial charge in [0.2, 0.25) is 5.72 Å². The Morgan fingerprint density at radius 1 is 1.32 bits per heavy atom. The summed E-state index contributed by atoms with van der Waals surface area (Å²) in [4.78, 5) is 0. The maximum atomic E-state index is 9.85. The molecule has 5 heteroatoms. The third-order valence-corrected chi connectivity index (χ3v) is 4.83. The van der Waals surface area contributed by atoms with Gasteiger partial charge in [0.15, 0.2) is 0 Å². The first-order valence-corrected chi connectivity index (χ1v) is 8.63. The van der Waals surface area contributed by atoms with E-state index in [1.165, 1.54) is 0 Å². The summed E-state index contributed by atoms with van der Waals surface area (Å²) in [6.07, 6.45) is 2.45. The van der Waals surface area contributed by atoms with Crippen LogP contribution in [0.25, 0.3) is 0 Å². The minimum atomic E-state index is -0.860. The number of ether oxygens (including phenoxy) is 1. The highest BCUT2D eigenvalue weighted by Crippen LogP contribution is 2.48. The Bertz CT molecular complexity index is 875. The Morgan fingerprint density at radius 2 is 2.08 bits per heavy atom. The van der Waals surface area contributed by atoms with E-state index in [0.29, 0.717) is 5.02 Å². The average molecular weight is 355 g/mol. The van der Waals surface area contributed by atoms with Gasteiger partial charge in [-0.05, 0) is 30.7 Å². The van der Waals surface area contributed by atoms with E-state index in [1.54, 1.807) is 13.0 Å². The highest BCUT2D eigenvalue weighted by Gasteiger charge is 2.46. The predicted molar refractivity (Wildman–Crippen MR) is 99.0 cm³/mol. The molecule has 2 atom stereocenters. The molecule has 0 amide bonds. The van der Waals surface area contributed by atoms with E-state index in [9.17, 15) is 5.11 Å². The van der Waals surface area contributed by atoms with E-state index in [4.69, 9.17) is 21.4 Å². The third-order valence-electron chi connectivity index (χ3n) is 4.60. The molecule has 0 saturated carbocycles. The summed E-state index contributed by atoms with van der Waals surface area (Å²) < 4.78 is 6.21. The van der Waals surface area contributed by atoms with Gasteiger partial charge >= 0.3 is 0 Å². The Morgan fingerprint density at radius 3 is 2.80 bits per heavy atom. The fourth-order valence-electron chi connectivity index (χ4n) is 3.59. The normalized spacial score (nSPS) is 25.1. The first-order valence-electron chi connectivity index (χ1n) is 8.25. The highest BCUT2D eigenvalue weighted by atomic mass is 35.5. The van der Waals surface area contributed by atoms with Gasteiger partial charge in [0.25, 0.3) is 0 Å². The molecular formula is C20H19ClN2O2. The number of nitrogens with zero attached hydrogens (tertiary/aromatic N) is 2. The monoisotopic (exact) mass is 354 g/mol. The maximum Gasteiger partial charge on any atom is 0.218 e. The van der Waals surface area contributed by atoms with Crippen LogP contribution in [0.3, 0.4) is 0 Å². The summed E-state index contributed by atoms with van der Waals surface area (Å²) in [6, 6.07) is 15.8. The van der Waals surface area contributed by atoms with Crippen LogP contribution in [-0.2, 0) is 0 Å². The largest absolute Gasteiger partial charge is 0.513 e. The van der Waals surface area contributed by atoms with Gasteiger partial charge in [-0.15, -0.1) is 0 Å². The van der Waals surface area contributed by atoms with E-state index in [2.05, 4.69) is 12.1 Å². The summed E-state index contributed by atoms with van der Waals surface area (Å²) in [6.45, 7) is 3.55. The van der Waals surface area contributed by atoms with E-state index >= 15 is 0 Å².